The molecule has 0 spiro atoms. The van der Waals surface area contributed by atoms with Crippen LogP contribution in [-0.4, -0.2) is 227 Å². The number of aliphatic hydroxyl groups is 12. The number of carbonyl (C=O) groups is 1. The topological polar surface area (TPSA) is 355 Å². The van der Waals surface area contributed by atoms with Crippen LogP contribution in [0.15, 0.2) is 0 Å². The fourth-order valence-corrected chi connectivity index (χ4v) is 7.16. The van der Waals surface area contributed by atoms with E-state index in [1.807, 2.05) is 0 Å². The molecule has 320 valence electrons. The third-order valence-electron chi connectivity index (χ3n) is 10.6. The Labute approximate surface area is 314 Å². The van der Waals surface area contributed by atoms with Gasteiger partial charge in [-0.3, -0.25) is 4.79 Å². The number of hydrogen-bond donors (Lipinski definition) is 13. The molecule has 5 saturated heterocycles. The van der Waals surface area contributed by atoms with Crippen LogP contribution in [0, 0.1) is 0 Å². The molecule has 0 aromatic rings. The van der Waals surface area contributed by atoms with Crippen molar-refractivity contribution in [2.45, 2.75) is 188 Å². The zero-order valence-corrected chi connectivity index (χ0v) is 30.6. The molecule has 1 amide bonds. The molecule has 23 heteroatoms. The van der Waals surface area contributed by atoms with Crippen LogP contribution >= 0.6 is 0 Å². The quantitative estimate of drug-likeness (QED) is 0.0975. The van der Waals surface area contributed by atoms with Crippen LogP contribution in [0.4, 0.5) is 0 Å². The molecule has 25 atom stereocenters. The monoisotopic (exact) mass is 805 g/mol. The number of carbonyl (C=O) groups excluding carboxylic acids is 1. The fraction of sp³-hybridized carbons (Fsp3) is 0.969. The summed E-state index contributed by atoms with van der Waals surface area (Å²) >= 11 is 0. The van der Waals surface area contributed by atoms with Gasteiger partial charge in [0.05, 0.1) is 31.0 Å². The number of ether oxygens (including phenoxy) is 9. The molecule has 5 aliphatic heterocycles. The molecule has 0 aromatic heterocycles. The van der Waals surface area contributed by atoms with Gasteiger partial charge in [-0.25, -0.2) is 0 Å². The van der Waals surface area contributed by atoms with Gasteiger partial charge in [0.15, 0.2) is 31.5 Å². The fourth-order valence-electron chi connectivity index (χ4n) is 7.16. The normalized spacial score (nSPS) is 53.8. The molecule has 5 rings (SSSR count). The molecular weight excluding hydrogens is 750 g/mol. The molecule has 5 fully saturated rings. The standard InChI is InChI=1S/C32H55NO22/c1-7-14(36)20(42)22(44)30(48-7)52-24-16(38)10(4)49-31(23(24)45)54-26-21(43)15(37)8(2)50-32(26)55-27-25(17(39)9(3)47-28(27)46)53-29-13(33-11(5)35)19(41)18(40)12(6-34)51-29/h7-10,12-32,34,36-46H,6H2,1-5H3,(H,33,35)/t7-,8-,9-,10-,12+,13+,14-,15-,16-,17-,18+,19+,20+,21+,22+,23+,24+,25+,26+,27+,28+,29-,30-,31-,32-/m0/s1. The Bertz CT molecular complexity index is 1260. The molecule has 0 unspecified atom stereocenters. The van der Waals surface area contributed by atoms with E-state index in [0.29, 0.717) is 0 Å². The van der Waals surface area contributed by atoms with Gasteiger partial charge >= 0.3 is 0 Å². The third-order valence-corrected chi connectivity index (χ3v) is 10.6. The molecule has 0 bridgehead atoms. The summed E-state index contributed by atoms with van der Waals surface area (Å²) in [5.41, 5.74) is 0. The number of nitrogens with one attached hydrogen (secondary N) is 1. The summed E-state index contributed by atoms with van der Waals surface area (Å²) in [6.45, 7) is 5.84. The maximum absolute atomic E-state index is 12.0. The summed E-state index contributed by atoms with van der Waals surface area (Å²) in [6.07, 6.45) is -38.6. The lowest BCUT2D eigenvalue weighted by molar-refractivity contribution is -0.401. The van der Waals surface area contributed by atoms with Gasteiger partial charge in [-0.15, -0.1) is 0 Å². The Balaban J connectivity index is 1.39. The van der Waals surface area contributed by atoms with Gasteiger partial charge in [0.1, 0.15) is 97.6 Å². The Morgan fingerprint density at radius 1 is 0.473 bits per heavy atom. The molecule has 5 heterocycles. The Morgan fingerprint density at radius 3 is 1.55 bits per heavy atom. The van der Waals surface area contributed by atoms with E-state index in [0.717, 1.165) is 6.92 Å². The molecule has 0 radical (unpaired) electrons. The van der Waals surface area contributed by atoms with Crippen molar-refractivity contribution in [2.75, 3.05) is 6.61 Å². The van der Waals surface area contributed by atoms with Gasteiger partial charge in [0, 0.05) is 6.92 Å². The van der Waals surface area contributed by atoms with Gasteiger partial charge in [-0.2, -0.15) is 0 Å². The first-order valence-corrected chi connectivity index (χ1v) is 18.0. The zero-order valence-electron chi connectivity index (χ0n) is 30.6. The van der Waals surface area contributed by atoms with Gasteiger partial charge in [-0.1, -0.05) is 0 Å². The summed E-state index contributed by atoms with van der Waals surface area (Å²) in [6, 6.07) is -1.47. The van der Waals surface area contributed by atoms with Crippen molar-refractivity contribution in [3.8, 4) is 0 Å². The van der Waals surface area contributed by atoms with Crippen LogP contribution in [0.1, 0.15) is 34.6 Å². The van der Waals surface area contributed by atoms with Crippen molar-refractivity contribution in [3.05, 3.63) is 0 Å². The predicted octanol–water partition coefficient (Wildman–Crippen LogP) is -7.67. The Kier molecular flexibility index (Phi) is 14.9. The maximum atomic E-state index is 12.0. The first-order valence-electron chi connectivity index (χ1n) is 18.0. The van der Waals surface area contributed by atoms with Gasteiger partial charge in [-0.05, 0) is 27.7 Å². The second-order valence-corrected chi connectivity index (χ2v) is 14.6. The van der Waals surface area contributed by atoms with Crippen LogP contribution in [0.2, 0.25) is 0 Å². The molecule has 13 N–H and O–H groups in total. The second-order valence-electron chi connectivity index (χ2n) is 14.6. The predicted molar refractivity (Wildman–Crippen MR) is 172 cm³/mol. The van der Waals surface area contributed by atoms with Crippen LogP contribution in [0.5, 0.6) is 0 Å². The van der Waals surface area contributed by atoms with Crippen molar-refractivity contribution >= 4 is 5.91 Å². The Morgan fingerprint density at radius 2 is 0.945 bits per heavy atom. The highest BCUT2D eigenvalue weighted by Crippen LogP contribution is 2.36. The summed E-state index contributed by atoms with van der Waals surface area (Å²) in [7, 11) is 0. The average Bonchev–Trinajstić information content (AvgIpc) is 3.13. The van der Waals surface area contributed by atoms with Crippen molar-refractivity contribution in [2.24, 2.45) is 0 Å². The summed E-state index contributed by atoms with van der Waals surface area (Å²) in [4.78, 5) is 12.0. The lowest BCUT2D eigenvalue weighted by Crippen LogP contribution is -2.68. The number of hydrogen-bond acceptors (Lipinski definition) is 22. The Hall–Kier alpha value is -1.37. The van der Waals surface area contributed by atoms with E-state index in [1.165, 1.54) is 27.7 Å². The van der Waals surface area contributed by atoms with Gasteiger partial charge < -0.3 is 109 Å². The maximum Gasteiger partial charge on any atom is 0.217 e. The van der Waals surface area contributed by atoms with E-state index in [9.17, 15) is 66.1 Å². The molecule has 23 nitrogen and oxygen atoms in total. The second kappa shape index (κ2) is 18.3. The highest BCUT2D eigenvalue weighted by atomic mass is 16.8. The summed E-state index contributed by atoms with van der Waals surface area (Å²) in [5.74, 6) is -0.670. The summed E-state index contributed by atoms with van der Waals surface area (Å²) in [5, 5.41) is 131. The lowest BCUT2D eigenvalue weighted by Gasteiger charge is -2.50. The minimum Gasteiger partial charge on any atom is -0.394 e. The van der Waals surface area contributed by atoms with Crippen LogP contribution < -0.4 is 5.32 Å². The molecule has 0 aliphatic carbocycles. The molecule has 0 saturated carbocycles. The van der Waals surface area contributed by atoms with Crippen LogP contribution in [0.25, 0.3) is 0 Å². The van der Waals surface area contributed by atoms with E-state index in [-0.39, 0.29) is 0 Å². The largest absolute Gasteiger partial charge is 0.394 e. The number of amides is 1. The van der Waals surface area contributed by atoms with E-state index >= 15 is 0 Å². The SMILES string of the molecule is CC(=O)N[C@H]1[C@H](O[C@@H]2[C@@H](O)[C@H](C)O[C@@H](O)[C@@H]2O[C@@H]2O[C@@H](C)[C@H](O)[C@@H](O)[C@H]2O[C@@H]2O[C@@H](C)[C@H](O)[C@@H](O[C@@H]3O[C@@H](C)[C@H](O)[C@@H](O)[C@H]3O)[C@H]2O)O[C@H](CO)[C@@H](O)[C@@H]1O. The first-order chi connectivity index (χ1) is 25.8. The number of rotatable bonds is 10. The van der Waals surface area contributed by atoms with Crippen molar-refractivity contribution in [3.63, 3.8) is 0 Å². The van der Waals surface area contributed by atoms with Crippen molar-refractivity contribution in [1.29, 1.82) is 0 Å². The average molecular weight is 806 g/mol. The van der Waals surface area contributed by atoms with Gasteiger partial charge in [0.25, 0.3) is 0 Å². The highest BCUT2D eigenvalue weighted by Gasteiger charge is 2.56. The zero-order chi connectivity index (χ0) is 40.8. The highest BCUT2D eigenvalue weighted by molar-refractivity contribution is 5.73. The van der Waals surface area contributed by atoms with Crippen molar-refractivity contribution in [1.82, 2.24) is 5.32 Å². The molecule has 5 aliphatic rings. The van der Waals surface area contributed by atoms with Gasteiger partial charge in [0.2, 0.25) is 5.91 Å². The lowest BCUT2D eigenvalue weighted by atomic mass is 9.95. The van der Waals surface area contributed by atoms with E-state index < -0.39 is 166 Å². The summed E-state index contributed by atoms with van der Waals surface area (Å²) < 4.78 is 51.7. The minimum atomic E-state index is -1.93. The van der Waals surface area contributed by atoms with Crippen LogP contribution in [-0.2, 0) is 47.4 Å². The van der Waals surface area contributed by atoms with Crippen molar-refractivity contribution < 1.29 is 109 Å². The molecular formula is C32H55NO22. The third kappa shape index (κ3) is 9.27. The van der Waals surface area contributed by atoms with Crippen LogP contribution in [0.3, 0.4) is 0 Å². The molecule has 0 aromatic carbocycles. The number of aliphatic hydroxyl groups excluding tert-OH is 12. The van der Waals surface area contributed by atoms with E-state index in [2.05, 4.69) is 5.32 Å². The smallest absolute Gasteiger partial charge is 0.217 e. The van der Waals surface area contributed by atoms with E-state index in [4.69, 9.17) is 42.6 Å². The van der Waals surface area contributed by atoms with E-state index in [1.54, 1.807) is 0 Å². The first kappa shape index (κ1) is 44.7. The minimum absolute atomic E-state index is 0.670. The molecule has 55 heavy (non-hydrogen) atoms.